The lowest BCUT2D eigenvalue weighted by atomic mass is 10.0. The molecule has 0 bridgehead atoms. The summed E-state index contributed by atoms with van der Waals surface area (Å²) < 4.78 is 30.4. The molecule has 1 aliphatic rings. The highest BCUT2D eigenvalue weighted by atomic mass is 32.2. The molecule has 1 aliphatic heterocycles. The van der Waals surface area contributed by atoms with Gasteiger partial charge in [-0.1, -0.05) is 48.5 Å². The number of nitrogens with zero attached hydrogens (tertiary/aromatic N) is 2. The average Bonchev–Trinajstić information content (AvgIpc) is 3.69. The summed E-state index contributed by atoms with van der Waals surface area (Å²) in [6.07, 6.45) is 2.02. The number of H-pyrrole nitrogens is 1. The van der Waals surface area contributed by atoms with E-state index in [4.69, 9.17) is 0 Å². The van der Waals surface area contributed by atoms with Crippen molar-refractivity contribution in [2.45, 2.75) is 43.7 Å². The molecule has 1 amide bonds. The van der Waals surface area contributed by atoms with E-state index in [0.29, 0.717) is 47.5 Å². The van der Waals surface area contributed by atoms with Gasteiger partial charge in [-0.25, -0.2) is 13.2 Å². The van der Waals surface area contributed by atoms with Crippen molar-refractivity contribution < 1.29 is 23.1 Å². The summed E-state index contributed by atoms with van der Waals surface area (Å²) >= 11 is 0. The number of unbranched alkanes of at least 4 members (excludes halogenated alkanes) is 1. The van der Waals surface area contributed by atoms with Crippen LogP contribution in [0.15, 0.2) is 76.7 Å². The second-order valence-corrected chi connectivity index (χ2v) is 12.4. The summed E-state index contributed by atoms with van der Waals surface area (Å²) in [5, 5.41) is 26.6. The zero-order valence-electron chi connectivity index (χ0n) is 24.5. The number of amides is 1. The van der Waals surface area contributed by atoms with Crippen LogP contribution in [-0.2, 0) is 14.8 Å². The van der Waals surface area contributed by atoms with Gasteiger partial charge in [0, 0.05) is 18.5 Å². The fraction of sp³-hybridized carbons (Fsp3) is 0.290. The van der Waals surface area contributed by atoms with Crippen LogP contribution in [0, 0.1) is 13.8 Å². The summed E-state index contributed by atoms with van der Waals surface area (Å²) in [7, 11) is -4.45. The van der Waals surface area contributed by atoms with Gasteiger partial charge >= 0.3 is 5.97 Å². The van der Waals surface area contributed by atoms with E-state index in [0.717, 1.165) is 17.7 Å². The Bertz CT molecular complexity index is 1800. The largest absolute Gasteiger partial charge is 0.478 e. The predicted molar refractivity (Wildman–Crippen MR) is 168 cm³/mol. The third-order valence-corrected chi connectivity index (χ3v) is 9.31. The molecule has 1 atom stereocenters. The number of carbonyl (C=O) groups excluding carboxylic acids is 1. The minimum Gasteiger partial charge on any atom is -0.478 e. The minimum absolute atomic E-state index is 0.0408. The number of sulfonamides is 1. The van der Waals surface area contributed by atoms with Gasteiger partial charge in [0.1, 0.15) is 0 Å². The third kappa shape index (κ3) is 6.58. The molecule has 44 heavy (non-hydrogen) atoms. The molecule has 4 aromatic rings. The van der Waals surface area contributed by atoms with Gasteiger partial charge < -0.3 is 21.1 Å². The molecule has 230 valence electrons. The van der Waals surface area contributed by atoms with E-state index >= 15 is 0 Å². The van der Waals surface area contributed by atoms with Crippen molar-refractivity contribution in [3.8, 4) is 11.1 Å². The maximum atomic E-state index is 14.0. The number of aliphatic imine (C=N–C) groups is 1. The van der Waals surface area contributed by atoms with Gasteiger partial charge in [0.2, 0.25) is 15.7 Å². The van der Waals surface area contributed by atoms with Crippen molar-refractivity contribution in [3.05, 3.63) is 83.6 Å². The summed E-state index contributed by atoms with van der Waals surface area (Å²) in [6, 6.07) is 17.9. The lowest BCUT2D eigenvalue weighted by molar-refractivity contribution is -0.145. The SMILES string of the molecule is Cc1cc(-c2ccccc2)cc(C)c1S(=O)(=O)NC(CCCCNC1=NCCN1)(NC(=O)c1cccc2[nH]ncc12)C(=O)O. The molecule has 13 heteroatoms. The number of aromatic amines is 1. The molecule has 0 fully saturated rings. The number of aryl methyl sites for hydroxylation is 2. The Morgan fingerprint density at radius 1 is 1.00 bits per heavy atom. The highest BCUT2D eigenvalue weighted by Crippen LogP contribution is 2.29. The molecule has 0 spiro atoms. The van der Waals surface area contributed by atoms with E-state index in [-0.39, 0.29) is 23.3 Å². The Balaban J connectivity index is 1.46. The first kappa shape index (κ1) is 30.7. The Hall–Kier alpha value is -4.75. The lowest BCUT2D eigenvalue weighted by Gasteiger charge is -2.32. The molecule has 0 saturated heterocycles. The van der Waals surface area contributed by atoms with Crippen LogP contribution in [0.25, 0.3) is 22.0 Å². The molecular formula is C31H35N7O5S. The zero-order chi connectivity index (χ0) is 31.3. The van der Waals surface area contributed by atoms with Gasteiger partial charge in [-0.15, -0.1) is 0 Å². The lowest BCUT2D eigenvalue weighted by Crippen LogP contribution is -2.65. The first-order valence-corrected chi connectivity index (χ1v) is 15.8. The fourth-order valence-electron chi connectivity index (χ4n) is 5.46. The molecule has 3 aromatic carbocycles. The van der Waals surface area contributed by atoms with Crippen LogP contribution < -0.4 is 20.7 Å². The summed E-state index contributed by atoms with van der Waals surface area (Å²) in [5.41, 5.74) is 1.04. The Morgan fingerprint density at radius 2 is 1.75 bits per heavy atom. The van der Waals surface area contributed by atoms with E-state index in [1.807, 2.05) is 30.3 Å². The second kappa shape index (κ2) is 12.9. The minimum atomic E-state index is -4.45. The maximum absolute atomic E-state index is 14.0. The first-order valence-electron chi connectivity index (χ1n) is 14.3. The quantitative estimate of drug-likeness (QED) is 0.104. The summed E-state index contributed by atoms with van der Waals surface area (Å²) in [4.78, 5) is 30.8. The highest BCUT2D eigenvalue weighted by Gasteiger charge is 2.44. The molecule has 5 rings (SSSR count). The van der Waals surface area contributed by atoms with Gasteiger partial charge in [0.25, 0.3) is 5.91 Å². The van der Waals surface area contributed by atoms with E-state index < -0.39 is 27.6 Å². The third-order valence-electron chi connectivity index (χ3n) is 7.51. The van der Waals surface area contributed by atoms with Gasteiger partial charge in [-0.3, -0.25) is 14.9 Å². The van der Waals surface area contributed by atoms with Gasteiger partial charge in [-0.2, -0.15) is 9.82 Å². The monoisotopic (exact) mass is 617 g/mol. The molecule has 0 aliphatic carbocycles. The van der Waals surface area contributed by atoms with Crippen LogP contribution in [-0.4, -0.2) is 66.9 Å². The van der Waals surface area contributed by atoms with Crippen molar-refractivity contribution in [2.75, 3.05) is 19.6 Å². The summed E-state index contributed by atoms with van der Waals surface area (Å²) in [6.45, 7) is 5.23. The summed E-state index contributed by atoms with van der Waals surface area (Å²) in [5.74, 6) is -1.61. The number of carboxylic acid groups (broad SMARTS) is 1. The van der Waals surface area contributed by atoms with Crippen LogP contribution in [0.1, 0.15) is 40.7 Å². The molecule has 1 unspecified atom stereocenters. The topological polar surface area (TPSA) is 178 Å². The van der Waals surface area contributed by atoms with Crippen molar-refractivity contribution in [1.29, 1.82) is 0 Å². The number of aliphatic carboxylic acids is 1. The Morgan fingerprint density at radius 3 is 2.43 bits per heavy atom. The van der Waals surface area contributed by atoms with Gasteiger partial charge in [0.05, 0.1) is 28.7 Å². The Labute approximate surface area is 255 Å². The number of hydrogen-bond donors (Lipinski definition) is 6. The molecule has 1 aromatic heterocycles. The number of carbonyl (C=O) groups is 2. The van der Waals surface area contributed by atoms with Crippen LogP contribution >= 0.6 is 0 Å². The zero-order valence-corrected chi connectivity index (χ0v) is 25.3. The van der Waals surface area contributed by atoms with E-state index in [9.17, 15) is 23.1 Å². The van der Waals surface area contributed by atoms with Crippen molar-refractivity contribution in [3.63, 3.8) is 0 Å². The van der Waals surface area contributed by atoms with Gasteiger partial charge in [-0.05, 0) is 67.5 Å². The number of rotatable bonds is 12. The normalized spacial score (nSPS) is 14.5. The van der Waals surface area contributed by atoms with Crippen LogP contribution in [0.2, 0.25) is 0 Å². The molecule has 2 heterocycles. The van der Waals surface area contributed by atoms with Crippen LogP contribution in [0.5, 0.6) is 0 Å². The molecule has 6 N–H and O–H groups in total. The number of fused-ring (bicyclic) bond motifs is 1. The van der Waals surface area contributed by atoms with Crippen LogP contribution in [0.3, 0.4) is 0 Å². The standard InChI is InChI=1S/C31H35N7O5S/c1-20-17-23(22-9-4-3-5-10-22)18-21(2)27(20)44(42,43)38-31(29(40)41,13-6-7-14-32-30-33-15-16-34-30)36-28(39)24-11-8-12-26-25(24)19-35-37-26/h3-5,8-12,17-19,38H,6-7,13-16H2,1-2H3,(H,35,37)(H,36,39)(H,40,41)(H2,32,33,34). The predicted octanol–water partition coefficient (Wildman–Crippen LogP) is 3.06. The number of carboxylic acids is 1. The number of benzene rings is 3. The van der Waals surface area contributed by atoms with Crippen LogP contribution in [0.4, 0.5) is 0 Å². The highest BCUT2D eigenvalue weighted by molar-refractivity contribution is 7.89. The molecule has 0 radical (unpaired) electrons. The second-order valence-electron chi connectivity index (χ2n) is 10.8. The Kier molecular flexibility index (Phi) is 8.97. The molecule has 12 nitrogen and oxygen atoms in total. The van der Waals surface area contributed by atoms with E-state index in [2.05, 4.69) is 35.9 Å². The number of aromatic nitrogens is 2. The van der Waals surface area contributed by atoms with E-state index in [1.165, 1.54) is 12.3 Å². The first-order chi connectivity index (χ1) is 21.1. The van der Waals surface area contributed by atoms with Crippen molar-refractivity contribution >= 4 is 38.8 Å². The molecule has 0 saturated carbocycles. The fourth-order valence-corrected chi connectivity index (χ4v) is 7.23. The maximum Gasteiger partial charge on any atom is 0.345 e. The average molecular weight is 618 g/mol. The number of hydrogen-bond acceptors (Lipinski definition) is 8. The van der Waals surface area contributed by atoms with Crippen molar-refractivity contribution in [1.82, 2.24) is 30.9 Å². The van der Waals surface area contributed by atoms with Crippen molar-refractivity contribution in [2.24, 2.45) is 4.99 Å². The number of guanidine groups is 1. The number of nitrogens with one attached hydrogen (secondary N) is 5. The molecular weight excluding hydrogens is 582 g/mol. The smallest absolute Gasteiger partial charge is 0.345 e. The van der Waals surface area contributed by atoms with E-state index in [1.54, 1.807) is 38.1 Å². The van der Waals surface area contributed by atoms with Gasteiger partial charge in [0.15, 0.2) is 5.96 Å².